The summed E-state index contributed by atoms with van der Waals surface area (Å²) in [6.07, 6.45) is 1.45. The van der Waals surface area contributed by atoms with Crippen molar-refractivity contribution in [2.24, 2.45) is 0 Å². The maximum absolute atomic E-state index is 15.7. The van der Waals surface area contributed by atoms with Gasteiger partial charge < -0.3 is 5.11 Å². The average Bonchev–Trinajstić information content (AvgIpc) is 3.32. The van der Waals surface area contributed by atoms with E-state index in [1.54, 1.807) is 6.07 Å². The zero-order valence-electron chi connectivity index (χ0n) is 17.1. The highest BCUT2D eigenvalue weighted by Crippen LogP contribution is 2.47. The first-order valence-electron chi connectivity index (χ1n) is 9.72. The molecule has 176 valence electrons. The minimum Gasteiger partial charge on any atom is -0.377 e. The molecule has 34 heavy (non-hydrogen) atoms. The van der Waals surface area contributed by atoms with E-state index in [2.05, 4.69) is 20.5 Å². The van der Waals surface area contributed by atoms with Crippen LogP contribution < -0.4 is 0 Å². The molecule has 1 atom stereocenters. The molecule has 1 unspecified atom stereocenters. The van der Waals surface area contributed by atoms with E-state index < -0.39 is 52.4 Å². The highest BCUT2D eigenvalue weighted by Gasteiger charge is 2.58. The van der Waals surface area contributed by atoms with E-state index >= 15 is 8.78 Å². The van der Waals surface area contributed by atoms with Gasteiger partial charge in [0.05, 0.1) is 6.54 Å². The number of benzene rings is 2. The van der Waals surface area contributed by atoms with Gasteiger partial charge in [0.15, 0.2) is 5.60 Å². The van der Waals surface area contributed by atoms with E-state index in [0.29, 0.717) is 35.1 Å². The van der Waals surface area contributed by atoms with Crippen molar-refractivity contribution in [3.63, 3.8) is 0 Å². The number of alkyl halides is 4. The zero-order valence-corrected chi connectivity index (χ0v) is 17.1. The molecule has 12 heteroatoms. The summed E-state index contributed by atoms with van der Waals surface area (Å²) >= 11 is 0. The number of halogens is 6. The lowest BCUT2D eigenvalue weighted by Crippen LogP contribution is -2.48. The van der Waals surface area contributed by atoms with Crippen LogP contribution in [0.1, 0.15) is 22.4 Å². The minimum atomic E-state index is -4.35. The molecular weight excluding hydrogens is 464 g/mol. The predicted octanol–water partition coefficient (Wildman–Crippen LogP) is 4.17. The SMILES string of the molecule is OC(Cn1cnnn1)(c1ccc(F)cc1F)C(F)(F)c1ccc(C(F)(F)c2ccccc2)cn1. The first-order chi connectivity index (χ1) is 16.1. The van der Waals surface area contributed by atoms with Crippen molar-refractivity contribution in [1.29, 1.82) is 0 Å². The highest BCUT2D eigenvalue weighted by atomic mass is 19.3. The molecule has 0 bridgehead atoms. The van der Waals surface area contributed by atoms with Crippen LogP contribution >= 0.6 is 0 Å². The summed E-state index contributed by atoms with van der Waals surface area (Å²) in [5.41, 5.74) is -6.50. The number of hydrogen-bond acceptors (Lipinski definition) is 5. The largest absolute Gasteiger partial charge is 0.377 e. The minimum absolute atomic E-state index is 0.326. The number of hydrogen-bond donors (Lipinski definition) is 1. The Morgan fingerprint density at radius 1 is 0.882 bits per heavy atom. The summed E-state index contributed by atoms with van der Waals surface area (Å²) in [5, 5.41) is 21.1. The number of tetrazole rings is 1. The standard InChI is InChI=1S/C22H15F6N5O/c23-16-7-8-17(18(24)10-16)20(34,12-33-13-30-31-32-33)22(27,28)19-9-6-15(11-29-19)21(25,26)14-4-2-1-3-5-14/h1-11,13,34H,12H2. The Morgan fingerprint density at radius 2 is 1.62 bits per heavy atom. The van der Waals surface area contributed by atoms with E-state index in [1.165, 1.54) is 24.3 Å². The number of aromatic nitrogens is 5. The van der Waals surface area contributed by atoms with Crippen LogP contribution in [0.3, 0.4) is 0 Å². The molecular formula is C22H15F6N5O. The maximum atomic E-state index is 15.7. The van der Waals surface area contributed by atoms with Crippen molar-refractivity contribution in [2.45, 2.75) is 24.0 Å². The molecule has 4 rings (SSSR count). The van der Waals surface area contributed by atoms with Crippen LogP contribution in [0.25, 0.3) is 0 Å². The summed E-state index contributed by atoms with van der Waals surface area (Å²) in [6, 6.07) is 9.70. The third kappa shape index (κ3) is 4.00. The fourth-order valence-corrected chi connectivity index (χ4v) is 3.46. The summed E-state index contributed by atoms with van der Waals surface area (Å²) in [4.78, 5) is 3.46. The second kappa shape index (κ2) is 8.52. The van der Waals surface area contributed by atoms with E-state index in [1.807, 2.05) is 0 Å². The molecule has 0 spiro atoms. The molecule has 2 aromatic heterocycles. The Kier molecular flexibility index (Phi) is 5.86. The van der Waals surface area contributed by atoms with Crippen molar-refractivity contribution in [1.82, 2.24) is 25.2 Å². The van der Waals surface area contributed by atoms with Crippen LogP contribution in [0, 0.1) is 11.6 Å². The lowest BCUT2D eigenvalue weighted by molar-refractivity contribution is -0.207. The van der Waals surface area contributed by atoms with Crippen LogP contribution in [0.5, 0.6) is 0 Å². The summed E-state index contributed by atoms with van der Waals surface area (Å²) in [7, 11) is 0. The topological polar surface area (TPSA) is 76.7 Å². The van der Waals surface area contributed by atoms with Crippen molar-refractivity contribution in [3.05, 3.63) is 107 Å². The molecule has 0 radical (unpaired) electrons. The Morgan fingerprint density at radius 3 is 2.21 bits per heavy atom. The highest BCUT2D eigenvalue weighted by molar-refractivity contribution is 5.35. The monoisotopic (exact) mass is 479 g/mol. The normalized spacial score (nSPS) is 14.1. The van der Waals surface area contributed by atoms with Crippen LogP contribution in [-0.2, 0) is 24.0 Å². The van der Waals surface area contributed by atoms with Gasteiger partial charge in [-0.25, -0.2) is 13.5 Å². The fourth-order valence-electron chi connectivity index (χ4n) is 3.46. The second-order valence-corrected chi connectivity index (χ2v) is 7.44. The van der Waals surface area contributed by atoms with Crippen molar-refractivity contribution in [3.8, 4) is 0 Å². The van der Waals surface area contributed by atoms with Crippen LogP contribution in [0.15, 0.2) is 73.2 Å². The van der Waals surface area contributed by atoms with E-state index in [-0.39, 0.29) is 5.56 Å². The van der Waals surface area contributed by atoms with Crippen LogP contribution in [0.4, 0.5) is 26.3 Å². The quantitative estimate of drug-likeness (QED) is 0.403. The average molecular weight is 479 g/mol. The second-order valence-electron chi connectivity index (χ2n) is 7.44. The smallest absolute Gasteiger partial charge is 0.323 e. The molecule has 6 nitrogen and oxygen atoms in total. The van der Waals surface area contributed by atoms with Gasteiger partial charge in [0.1, 0.15) is 23.7 Å². The van der Waals surface area contributed by atoms with Crippen LogP contribution in [-0.4, -0.2) is 30.3 Å². The number of aliphatic hydroxyl groups is 1. The fraction of sp³-hybridized carbons (Fsp3) is 0.182. The summed E-state index contributed by atoms with van der Waals surface area (Å²) in [6.45, 7) is -1.06. The molecule has 2 aromatic carbocycles. The van der Waals surface area contributed by atoms with Gasteiger partial charge in [-0.2, -0.15) is 17.6 Å². The Labute approximate surface area is 188 Å². The van der Waals surface area contributed by atoms with Gasteiger partial charge in [-0.3, -0.25) is 4.98 Å². The van der Waals surface area contributed by atoms with E-state index in [9.17, 15) is 22.7 Å². The van der Waals surface area contributed by atoms with Gasteiger partial charge in [-0.05, 0) is 34.7 Å². The van der Waals surface area contributed by atoms with Crippen molar-refractivity contribution in [2.75, 3.05) is 0 Å². The van der Waals surface area contributed by atoms with Gasteiger partial charge in [0, 0.05) is 29.0 Å². The third-order valence-corrected chi connectivity index (χ3v) is 5.26. The lowest BCUT2D eigenvalue weighted by Gasteiger charge is -2.35. The van der Waals surface area contributed by atoms with Gasteiger partial charge in [-0.15, -0.1) is 5.10 Å². The lowest BCUT2D eigenvalue weighted by atomic mass is 9.84. The van der Waals surface area contributed by atoms with Gasteiger partial charge >= 0.3 is 5.92 Å². The summed E-state index contributed by atoms with van der Waals surface area (Å²) < 4.78 is 89.5. The van der Waals surface area contributed by atoms with Gasteiger partial charge in [0.2, 0.25) is 0 Å². The summed E-state index contributed by atoms with van der Waals surface area (Å²) in [5.74, 6) is -10.4. The molecule has 0 saturated carbocycles. The van der Waals surface area contributed by atoms with Crippen LogP contribution in [0.2, 0.25) is 0 Å². The van der Waals surface area contributed by atoms with Gasteiger partial charge in [-0.1, -0.05) is 30.3 Å². The van der Waals surface area contributed by atoms with E-state index in [4.69, 9.17) is 0 Å². The number of nitrogens with zero attached hydrogens (tertiary/aromatic N) is 5. The molecule has 0 aliphatic carbocycles. The molecule has 2 heterocycles. The first kappa shape index (κ1) is 23.4. The zero-order chi connectivity index (χ0) is 24.6. The molecule has 1 N–H and O–H groups in total. The number of pyridine rings is 1. The predicted molar refractivity (Wildman–Crippen MR) is 106 cm³/mol. The van der Waals surface area contributed by atoms with Crippen molar-refractivity contribution < 1.29 is 31.4 Å². The Balaban J connectivity index is 1.77. The Bertz CT molecular complexity index is 1270. The van der Waals surface area contributed by atoms with Gasteiger partial charge in [0.25, 0.3) is 5.92 Å². The van der Waals surface area contributed by atoms with E-state index in [0.717, 1.165) is 12.4 Å². The molecule has 0 fully saturated rings. The molecule has 0 saturated heterocycles. The Hall–Kier alpha value is -3.80. The maximum Gasteiger partial charge on any atom is 0.323 e. The molecule has 0 aliphatic heterocycles. The molecule has 0 aliphatic rings. The third-order valence-electron chi connectivity index (χ3n) is 5.26. The number of rotatable bonds is 7. The molecule has 4 aromatic rings. The first-order valence-corrected chi connectivity index (χ1v) is 9.72. The van der Waals surface area contributed by atoms with Crippen molar-refractivity contribution >= 4 is 0 Å². The molecule has 0 amide bonds.